The first kappa shape index (κ1) is 19.7. The van der Waals surface area contributed by atoms with Gasteiger partial charge in [-0.3, -0.25) is 4.79 Å². The highest BCUT2D eigenvalue weighted by molar-refractivity contribution is 7.89. The number of fused-ring (bicyclic) bond motifs is 1. The van der Waals surface area contributed by atoms with Crippen LogP contribution in [0.25, 0.3) is 10.9 Å². The molecule has 1 heterocycles. The Labute approximate surface area is 161 Å². The molecule has 0 unspecified atom stereocenters. The van der Waals surface area contributed by atoms with Gasteiger partial charge in [-0.05, 0) is 36.8 Å². The van der Waals surface area contributed by atoms with E-state index in [9.17, 15) is 18.0 Å². The number of benzene rings is 2. The zero-order chi connectivity index (χ0) is 20.5. The predicted molar refractivity (Wildman–Crippen MR) is 104 cm³/mol. The number of nitrogens with one attached hydrogen (secondary N) is 1. The first-order valence-electron chi connectivity index (χ1n) is 8.37. The minimum atomic E-state index is -3.93. The molecule has 0 aliphatic rings. The first-order chi connectivity index (χ1) is 13.2. The molecule has 1 N–H and O–H groups in total. The number of ether oxygens (including phenoxy) is 1. The van der Waals surface area contributed by atoms with E-state index < -0.39 is 16.0 Å². The smallest absolute Gasteiger partial charge is 0.337 e. The normalized spacial score (nSPS) is 11.7. The zero-order valence-electron chi connectivity index (χ0n) is 15.6. The molecule has 0 bridgehead atoms. The molecule has 0 radical (unpaired) electrons. The number of hydrogen-bond donors (Lipinski definition) is 1. The number of hydrogen-bond acceptors (Lipinski definition) is 6. The maximum atomic E-state index is 13.0. The van der Waals surface area contributed by atoms with Crippen LogP contribution in [0.3, 0.4) is 0 Å². The molecule has 0 aliphatic heterocycles. The lowest BCUT2D eigenvalue weighted by Crippen LogP contribution is -2.29. The first-order valence-corrected chi connectivity index (χ1v) is 9.81. The summed E-state index contributed by atoms with van der Waals surface area (Å²) in [6.07, 6.45) is 0. The lowest BCUT2D eigenvalue weighted by Gasteiger charge is -2.18. The van der Waals surface area contributed by atoms with Gasteiger partial charge >= 0.3 is 5.97 Å². The van der Waals surface area contributed by atoms with Crippen LogP contribution in [-0.4, -0.2) is 42.8 Å². The van der Waals surface area contributed by atoms with E-state index >= 15 is 0 Å². The van der Waals surface area contributed by atoms with Gasteiger partial charge in [0.25, 0.3) is 5.56 Å². The van der Waals surface area contributed by atoms with E-state index in [0.717, 1.165) is 4.31 Å². The van der Waals surface area contributed by atoms with Crippen LogP contribution >= 0.6 is 0 Å². The number of carbonyl (C=O) groups excluding carboxylic acids is 1. The van der Waals surface area contributed by atoms with Crippen molar-refractivity contribution in [2.45, 2.75) is 18.4 Å². The van der Waals surface area contributed by atoms with Gasteiger partial charge in [-0.2, -0.15) is 4.31 Å². The second kappa shape index (κ2) is 7.53. The number of nitrogens with zero attached hydrogens (tertiary/aromatic N) is 2. The van der Waals surface area contributed by atoms with Crippen LogP contribution in [0.1, 0.15) is 21.7 Å². The molecular weight excluding hydrogens is 382 g/mol. The van der Waals surface area contributed by atoms with E-state index in [1.165, 1.54) is 26.3 Å². The number of H-pyrrole nitrogens is 1. The molecule has 8 nitrogen and oxygen atoms in total. The van der Waals surface area contributed by atoms with Crippen molar-refractivity contribution in [2.24, 2.45) is 0 Å². The average Bonchev–Trinajstić information content (AvgIpc) is 2.67. The third-order valence-electron chi connectivity index (χ3n) is 4.33. The van der Waals surface area contributed by atoms with Gasteiger partial charge in [0, 0.05) is 7.05 Å². The van der Waals surface area contributed by atoms with Crippen LogP contribution in [0.2, 0.25) is 0 Å². The highest BCUT2D eigenvalue weighted by Crippen LogP contribution is 2.22. The van der Waals surface area contributed by atoms with E-state index in [1.807, 2.05) is 0 Å². The molecule has 146 valence electrons. The van der Waals surface area contributed by atoms with Crippen molar-refractivity contribution in [3.8, 4) is 0 Å². The fourth-order valence-corrected chi connectivity index (χ4v) is 4.18. The van der Waals surface area contributed by atoms with Gasteiger partial charge in [-0.15, -0.1) is 0 Å². The van der Waals surface area contributed by atoms with Gasteiger partial charge in [0.2, 0.25) is 10.0 Å². The average molecular weight is 401 g/mol. The molecule has 0 spiro atoms. The molecule has 3 rings (SSSR count). The number of aryl methyl sites for hydroxylation is 1. The molecular formula is C19H19N3O5S. The molecule has 28 heavy (non-hydrogen) atoms. The van der Waals surface area contributed by atoms with E-state index in [2.05, 4.69) is 14.7 Å². The van der Waals surface area contributed by atoms with Crippen LogP contribution in [0, 0.1) is 6.92 Å². The fourth-order valence-electron chi connectivity index (χ4n) is 2.80. The topological polar surface area (TPSA) is 109 Å². The van der Waals surface area contributed by atoms with Crippen molar-refractivity contribution in [3.05, 3.63) is 69.8 Å². The van der Waals surface area contributed by atoms with Gasteiger partial charge in [-0.1, -0.05) is 18.2 Å². The van der Waals surface area contributed by atoms with Crippen LogP contribution in [0.4, 0.5) is 0 Å². The molecule has 9 heteroatoms. The molecule has 2 aromatic carbocycles. The van der Waals surface area contributed by atoms with E-state index in [0.29, 0.717) is 16.5 Å². The summed E-state index contributed by atoms with van der Waals surface area (Å²) in [5.74, 6) is -0.406. The van der Waals surface area contributed by atoms with Crippen molar-refractivity contribution in [1.82, 2.24) is 14.3 Å². The zero-order valence-corrected chi connectivity index (χ0v) is 16.4. The Morgan fingerprint density at radius 3 is 2.64 bits per heavy atom. The maximum absolute atomic E-state index is 13.0. The van der Waals surface area contributed by atoms with Gasteiger partial charge < -0.3 is 9.72 Å². The van der Waals surface area contributed by atoms with Crippen molar-refractivity contribution < 1.29 is 17.9 Å². The Kier molecular flexibility index (Phi) is 5.30. The maximum Gasteiger partial charge on any atom is 0.337 e. The lowest BCUT2D eigenvalue weighted by molar-refractivity contribution is 0.0600. The number of methoxy groups -OCH3 is 1. The summed E-state index contributed by atoms with van der Waals surface area (Å²) in [7, 11) is -1.32. The minimum absolute atomic E-state index is 0.0129. The van der Waals surface area contributed by atoms with Gasteiger partial charge in [0.1, 0.15) is 5.82 Å². The number of para-hydroxylation sites is 1. The Morgan fingerprint density at radius 1 is 1.21 bits per heavy atom. The van der Waals surface area contributed by atoms with Crippen molar-refractivity contribution in [3.63, 3.8) is 0 Å². The van der Waals surface area contributed by atoms with Crippen molar-refractivity contribution >= 4 is 26.9 Å². The van der Waals surface area contributed by atoms with E-state index in [1.54, 1.807) is 37.3 Å². The molecule has 3 aromatic rings. The summed E-state index contributed by atoms with van der Waals surface area (Å²) in [6.45, 7) is 1.50. The summed E-state index contributed by atoms with van der Waals surface area (Å²) < 4.78 is 31.8. The summed E-state index contributed by atoms with van der Waals surface area (Å²) in [4.78, 5) is 30.9. The minimum Gasteiger partial charge on any atom is -0.465 e. The Hall–Kier alpha value is -3.04. The van der Waals surface area contributed by atoms with Crippen LogP contribution in [0.15, 0.2) is 52.2 Å². The quantitative estimate of drug-likeness (QED) is 0.654. The van der Waals surface area contributed by atoms with Crippen LogP contribution < -0.4 is 5.56 Å². The summed E-state index contributed by atoms with van der Waals surface area (Å²) in [5.41, 5.74) is 0.767. The SMILES string of the molecule is COC(=O)c1ccc(C)c(S(=O)(=O)N(C)Cc2nc3ccccc3c(=O)[nH]2)c1. The van der Waals surface area contributed by atoms with Crippen LogP contribution in [-0.2, 0) is 21.3 Å². The second-order valence-corrected chi connectivity index (χ2v) is 8.28. The molecule has 0 amide bonds. The summed E-state index contributed by atoms with van der Waals surface area (Å²) in [5, 5.41) is 0.429. The standard InChI is InChI=1S/C19H19N3O5S/c1-12-8-9-13(19(24)27-3)10-16(12)28(25,26)22(2)11-17-20-15-7-5-4-6-14(15)18(23)21-17/h4-10H,11H2,1-3H3,(H,20,21,23). The third-order valence-corrected chi connectivity index (χ3v) is 6.28. The number of rotatable bonds is 5. The van der Waals surface area contributed by atoms with Crippen molar-refractivity contribution in [1.29, 1.82) is 0 Å². The Balaban J connectivity index is 1.97. The van der Waals surface area contributed by atoms with Gasteiger partial charge in [0.15, 0.2) is 0 Å². The van der Waals surface area contributed by atoms with E-state index in [4.69, 9.17) is 0 Å². The highest BCUT2D eigenvalue weighted by atomic mass is 32.2. The predicted octanol–water partition coefficient (Wildman–Crippen LogP) is 1.84. The van der Waals surface area contributed by atoms with Crippen LogP contribution in [0.5, 0.6) is 0 Å². The number of sulfonamides is 1. The Bertz CT molecular complexity index is 1220. The third kappa shape index (κ3) is 3.67. The summed E-state index contributed by atoms with van der Waals surface area (Å²) in [6, 6.07) is 11.1. The number of esters is 1. The van der Waals surface area contributed by atoms with E-state index in [-0.39, 0.29) is 28.4 Å². The number of aromatic amines is 1. The highest BCUT2D eigenvalue weighted by Gasteiger charge is 2.25. The van der Waals surface area contributed by atoms with Crippen molar-refractivity contribution in [2.75, 3.05) is 14.2 Å². The fraction of sp³-hybridized carbons (Fsp3) is 0.211. The largest absolute Gasteiger partial charge is 0.465 e. The molecule has 0 saturated heterocycles. The molecule has 1 aromatic heterocycles. The second-order valence-electron chi connectivity index (χ2n) is 6.26. The monoisotopic (exact) mass is 401 g/mol. The molecule has 0 atom stereocenters. The number of carbonyl (C=O) groups is 1. The van der Waals surface area contributed by atoms with Gasteiger partial charge in [-0.25, -0.2) is 18.2 Å². The van der Waals surface area contributed by atoms with Gasteiger partial charge in [0.05, 0.1) is 35.0 Å². The lowest BCUT2D eigenvalue weighted by atomic mass is 10.1. The molecule has 0 saturated carbocycles. The molecule has 0 aliphatic carbocycles. The summed E-state index contributed by atoms with van der Waals surface area (Å²) >= 11 is 0. The molecule has 0 fully saturated rings. The number of aromatic nitrogens is 2. The Morgan fingerprint density at radius 2 is 1.93 bits per heavy atom.